The van der Waals surface area contributed by atoms with Crippen LogP contribution < -0.4 is 15.4 Å². The standard InChI is InChI=1S/C15H13N3O2/c16-10-11-20-14-8-6-13(7-9-14)18-15(19)17-12-4-2-1-3-5-12/h1-9H,11H2,(H2,17,18,19). The van der Waals surface area contributed by atoms with Crippen LogP contribution in [0, 0.1) is 11.3 Å². The Labute approximate surface area is 116 Å². The first-order valence-electron chi connectivity index (χ1n) is 6.01. The zero-order valence-corrected chi connectivity index (χ0v) is 10.7. The molecule has 0 unspecified atom stereocenters. The highest BCUT2D eigenvalue weighted by Gasteiger charge is 2.02. The van der Waals surface area contributed by atoms with E-state index in [9.17, 15) is 4.79 Å². The van der Waals surface area contributed by atoms with Crippen LogP contribution in [0.1, 0.15) is 0 Å². The van der Waals surface area contributed by atoms with Crippen LogP contribution in [0.25, 0.3) is 0 Å². The van der Waals surface area contributed by atoms with Gasteiger partial charge in [0.2, 0.25) is 0 Å². The maximum absolute atomic E-state index is 11.7. The van der Waals surface area contributed by atoms with Crippen LogP contribution in [0.4, 0.5) is 16.2 Å². The molecule has 2 rings (SSSR count). The fourth-order valence-electron chi connectivity index (χ4n) is 1.57. The predicted molar refractivity (Wildman–Crippen MR) is 76.6 cm³/mol. The molecule has 0 bridgehead atoms. The second-order valence-corrected chi connectivity index (χ2v) is 3.92. The zero-order valence-electron chi connectivity index (χ0n) is 10.7. The molecule has 0 spiro atoms. The van der Waals surface area contributed by atoms with E-state index in [0.717, 1.165) is 5.69 Å². The van der Waals surface area contributed by atoms with E-state index in [4.69, 9.17) is 10.00 Å². The Morgan fingerprint density at radius 3 is 2.20 bits per heavy atom. The number of carbonyl (C=O) groups is 1. The summed E-state index contributed by atoms with van der Waals surface area (Å²) in [4.78, 5) is 11.7. The number of benzene rings is 2. The highest BCUT2D eigenvalue weighted by atomic mass is 16.5. The largest absolute Gasteiger partial charge is 0.479 e. The van der Waals surface area contributed by atoms with Gasteiger partial charge in [-0.05, 0) is 36.4 Å². The smallest absolute Gasteiger partial charge is 0.323 e. The number of para-hydroxylation sites is 1. The van der Waals surface area contributed by atoms with Gasteiger partial charge in [0.25, 0.3) is 0 Å². The monoisotopic (exact) mass is 267 g/mol. The number of nitrogens with one attached hydrogen (secondary N) is 2. The van der Waals surface area contributed by atoms with Crippen LogP contribution in [-0.2, 0) is 0 Å². The van der Waals surface area contributed by atoms with Gasteiger partial charge in [0, 0.05) is 11.4 Å². The molecule has 0 heterocycles. The van der Waals surface area contributed by atoms with Gasteiger partial charge < -0.3 is 15.4 Å². The molecule has 2 N–H and O–H groups in total. The molecule has 0 aliphatic heterocycles. The van der Waals surface area contributed by atoms with Crippen molar-refractivity contribution < 1.29 is 9.53 Å². The molecule has 0 radical (unpaired) electrons. The maximum atomic E-state index is 11.7. The molecule has 0 atom stereocenters. The molecular formula is C15H13N3O2. The highest BCUT2D eigenvalue weighted by molar-refractivity contribution is 5.99. The fourth-order valence-corrected chi connectivity index (χ4v) is 1.57. The van der Waals surface area contributed by atoms with Crippen molar-refractivity contribution in [2.75, 3.05) is 17.2 Å². The third kappa shape index (κ3) is 4.03. The summed E-state index contributed by atoms with van der Waals surface area (Å²) < 4.78 is 5.12. The molecule has 20 heavy (non-hydrogen) atoms. The number of carbonyl (C=O) groups excluding carboxylic acids is 1. The molecule has 0 saturated carbocycles. The van der Waals surface area contributed by atoms with E-state index in [1.54, 1.807) is 36.4 Å². The molecule has 5 nitrogen and oxygen atoms in total. The number of urea groups is 1. The van der Waals surface area contributed by atoms with Gasteiger partial charge in [-0.3, -0.25) is 0 Å². The van der Waals surface area contributed by atoms with Crippen molar-refractivity contribution in [1.82, 2.24) is 0 Å². The zero-order chi connectivity index (χ0) is 14.2. The minimum atomic E-state index is -0.318. The predicted octanol–water partition coefficient (Wildman–Crippen LogP) is 3.23. The minimum absolute atomic E-state index is 0.00126. The molecule has 0 fully saturated rings. The lowest BCUT2D eigenvalue weighted by atomic mass is 10.3. The number of nitrogens with zero attached hydrogens (tertiary/aromatic N) is 1. The van der Waals surface area contributed by atoms with E-state index in [1.165, 1.54) is 0 Å². The quantitative estimate of drug-likeness (QED) is 0.893. The van der Waals surface area contributed by atoms with E-state index in [0.29, 0.717) is 11.4 Å². The average Bonchev–Trinajstić information content (AvgIpc) is 2.47. The second kappa shape index (κ2) is 6.81. The number of hydrogen-bond donors (Lipinski definition) is 2. The van der Waals surface area contributed by atoms with Crippen LogP contribution in [0.5, 0.6) is 5.75 Å². The van der Waals surface area contributed by atoms with Crippen LogP contribution >= 0.6 is 0 Å². The Balaban J connectivity index is 1.90. The van der Waals surface area contributed by atoms with E-state index in [1.807, 2.05) is 24.3 Å². The molecule has 2 aromatic carbocycles. The summed E-state index contributed by atoms with van der Waals surface area (Å²) in [6, 6.07) is 17.5. The Kier molecular flexibility index (Phi) is 4.57. The van der Waals surface area contributed by atoms with Crippen molar-refractivity contribution in [2.24, 2.45) is 0 Å². The van der Waals surface area contributed by atoms with Gasteiger partial charge in [-0.2, -0.15) is 5.26 Å². The number of ether oxygens (including phenoxy) is 1. The Morgan fingerprint density at radius 2 is 1.60 bits per heavy atom. The summed E-state index contributed by atoms with van der Waals surface area (Å²) in [7, 11) is 0. The van der Waals surface area contributed by atoms with Gasteiger partial charge in [-0.25, -0.2) is 4.79 Å². The minimum Gasteiger partial charge on any atom is -0.479 e. The molecule has 2 amide bonds. The lowest BCUT2D eigenvalue weighted by Crippen LogP contribution is -2.19. The van der Waals surface area contributed by atoms with Crippen molar-refractivity contribution in [2.45, 2.75) is 0 Å². The molecule has 0 aliphatic carbocycles. The molecule has 0 saturated heterocycles. The van der Waals surface area contributed by atoms with Crippen molar-refractivity contribution in [3.05, 3.63) is 54.6 Å². The van der Waals surface area contributed by atoms with Crippen LogP contribution in [0.2, 0.25) is 0 Å². The topological polar surface area (TPSA) is 74.1 Å². The van der Waals surface area contributed by atoms with Gasteiger partial charge in [0.05, 0.1) is 0 Å². The molecule has 0 aliphatic rings. The molecule has 100 valence electrons. The van der Waals surface area contributed by atoms with Crippen molar-refractivity contribution in [1.29, 1.82) is 5.26 Å². The van der Waals surface area contributed by atoms with E-state index >= 15 is 0 Å². The van der Waals surface area contributed by atoms with Gasteiger partial charge in [0.1, 0.15) is 11.8 Å². The third-order valence-electron chi connectivity index (χ3n) is 2.45. The number of anilines is 2. The Hall–Kier alpha value is -3.00. The van der Waals surface area contributed by atoms with Gasteiger partial charge >= 0.3 is 6.03 Å². The maximum Gasteiger partial charge on any atom is 0.323 e. The second-order valence-electron chi connectivity index (χ2n) is 3.92. The highest BCUT2D eigenvalue weighted by Crippen LogP contribution is 2.16. The van der Waals surface area contributed by atoms with Crippen molar-refractivity contribution in [3.8, 4) is 11.8 Å². The summed E-state index contributed by atoms with van der Waals surface area (Å²) in [5.74, 6) is 0.584. The molecule has 2 aromatic rings. The number of nitriles is 1. The van der Waals surface area contributed by atoms with Crippen LogP contribution in [-0.4, -0.2) is 12.6 Å². The number of amides is 2. The summed E-state index contributed by atoms with van der Waals surface area (Å²) in [5.41, 5.74) is 1.36. The lowest BCUT2D eigenvalue weighted by Gasteiger charge is -2.08. The van der Waals surface area contributed by atoms with Crippen LogP contribution in [0.3, 0.4) is 0 Å². The first-order chi connectivity index (χ1) is 9.78. The Morgan fingerprint density at radius 1 is 1.00 bits per heavy atom. The van der Waals surface area contributed by atoms with E-state index < -0.39 is 0 Å². The first kappa shape index (κ1) is 13.4. The lowest BCUT2D eigenvalue weighted by molar-refractivity contribution is 0.262. The molecule has 5 heteroatoms. The summed E-state index contributed by atoms with van der Waals surface area (Å²) >= 11 is 0. The van der Waals surface area contributed by atoms with E-state index in [2.05, 4.69) is 10.6 Å². The average molecular weight is 267 g/mol. The number of rotatable bonds is 4. The Bertz CT molecular complexity index is 603. The summed E-state index contributed by atoms with van der Waals surface area (Å²) in [5, 5.41) is 13.8. The van der Waals surface area contributed by atoms with Crippen molar-refractivity contribution >= 4 is 17.4 Å². The van der Waals surface area contributed by atoms with Gasteiger partial charge in [-0.1, -0.05) is 18.2 Å². The first-order valence-corrected chi connectivity index (χ1v) is 6.01. The normalized spacial score (nSPS) is 9.35. The van der Waals surface area contributed by atoms with Crippen molar-refractivity contribution in [3.63, 3.8) is 0 Å². The molecular weight excluding hydrogens is 254 g/mol. The van der Waals surface area contributed by atoms with E-state index in [-0.39, 0.29) is 12.6 Å². The SMILES string of the molecule is N#CCOc1ccc(NC(=O)Nc2ccccc2)cc1. The fraction of sp³-hybridized carbons (Fsp3) is 0.0667. The summed E-state index contributed by atoms with van der Waals surface area (Å²) in [6.07, 6.45) is 0. The number of hydrogen-bond acceptors (Lipinski definition) is 3. The summed E-state index contributed by atoms with van der Waals surface area (Å²) in [6.45, 7) is 0.00126. The third-order valence-corrected chi connectivity index (χ3v) is 2.45. The molecule has 0 aromatic heterocycles. The van der Waals surface area contributed by atoms with Gasteiger partial charge in [-0.15, -0.1) is 0 Å². The van der Waals surface area contributed by atoms with Crippen LogP contribution in [0.15, 0.2) is 54.6 Å². The van der Waals surface area contributed by atoms with Gasteiger partial charge in [0.15, 0.2) is 6.61 Å².